The Morgan fingerprint density at radius 2 is 1.84 bits per heavy atom. The average Bonchev–Trinajstić information content (AvgIpc) is 3.65. The third-order valence-electron chi connectivity index (χ3n) is 9.80. The lowest BCUT2D eigenvalue weighted by Crippen LogP contribution is -2.44. The Hall–Kier alpha value is -3.17. The predicted octanol–water partition coefficient (Wildman–Crippen LogP) is 7.08. The van der Waals surface area contributed by atoms with Gasteiger partial charge in [0.25, 0.3) is 0 Å². The quantitative estimate of drug-likeness (QED) is 0.163. The van der Waals surface area contributed by atoms with E-state index in [9.17, 15) is 21.6 Å². The largest absolute Gasteiger partial charge is 0.416 e. The smallest absolute Gasteiger partial charge is 0.377 e. The molecule has 1 unspecified atom stereocenters. The van der Waals surface area contributed by atoms with Gasteiger partial charge in [0.2, 0.25) is 0 Å². The van der Waals surface area contributed by atoms with Gasteiger partial charge in [-0.1, -0.05) is 39.0 Å². The number of nitrogens with zero attached hydrogens (tertiary/aromatic N) is 5. The van der Waals surface area contributed by atoms with Gasteiger partial charge in [0, 0.05) is 44.5 Å². The summed E-state index contributed by atoms with van der Waals surface area (Å²) in [6, 6.07) is 6.09. The number of alkyl halides is 3. The summed E-state index contributed by atoms with van der Waals surface area (Å²) in [7, 11) is -1.07. The van der Waals surface area contributed by atoms with Crippen LogP contribution in [0.15, 0.2) is 48.9 Å². The highest BCUT2D eigenvalue weighted by Crippen LogP contribution is 2.39. The number of halogens is 3. The molecule has 1 aromatic carbocycles. The van der Waals surface area contributed by atoms with Crippen molar-refractivity contribution < 1.29 is 30.5 Å². The third-order valence-corrected chi connectivity index (χ3v) is 14.0. The first-order chi connectivity index (χ1) is 22.7. The molecule has 4 aromatic rings. The van der Waals surface area contributed by atoms with Crippen LogP contribution in [0.1, 0.15) is 74.7 Å². The summed E-state index contributed by atoms with van der Waals surface area (Å²) in [6.07, 6.45) is 5.00. The molecule has 0 saturated carbocycles. The van der Waals surface area contributed by atoms with Gasteiger partial charge in [-0.15, -0.1) is 0 Å². The van der Waals surface area contributed by atoms with Crippen molar-refractivity contribution in [1.29, 1.82) is 0 Å². The highest BCUT2D eigenvalue weighted by molar-refractivity contribution is 7.93. The van der Waals surface area contributed by atoms with Gasteiger partial charge >= 0.3 is 16.4 Å². The van der Waals surface area contributed by atoms with Crippen molar-refractivity contribution in [3.63, 3.8) is 0 Å². The van der Waals surface area contributed by atoms with E-state index in [2.05, 4.69) is 39.6 Å². The average molecular weight is 721 g/mol. The number of fused-ring (bicyclic) bond motifs is 1. The molecule has 0 saturated heterocycles. The summed E-state index contributed by atoms with van der Waals surface area (Å²) in [4.78, 5) is 9.54. The second-order valence-corrected chi connectivity index (χ2v) is 18.2. The fraction of sp³-hybridized carbons (Fsp3) is 0.486. The Bertz CT molecular complexity index is 1990. The number of hydrogen-bond donors (Lipinski definition) is 0. The van der Waals surface area contributed by atoms with Crippen molar-refractivity contribution >= 4 is 32.6 Å². The van der Waals surface area contributed by atoms with E-state index in [4.69, 9.17) is 13.9 Å². The second-order valence-electron chi connectivity index (χ2n) is 14.0. The molecule has 3 aromatic heterocycles. The standard InChI is InChI=1S/C35H45F3N5O4S2/c1-23-25(11-10-12-28(23)35(36,37)38)20-30-29(22-47-48(9)34(5,6)33(2,3)4)40-32-27(31-39-15-16-43(31)49(44,45)41(7)8)19-26(21-42(30)32)24-13-17-46-18-14-24/h10-13,15-16,19,21H,14,17-18,20,22H2,1-9H3/q+1. The molecule has 1 aliphatic rings. The number of imidazole rings is 2. The van der Waals surface area contributed by atoms with Crippen LogP contribution in [-0.4, -0.2) is 69.4 Å². The van der Waals surface area contributed by atoms with Crippen LogP contribution >= 0.6 is 0 Å². The van der Waals surface area contributed by atoms with Crippen LogP contribution in [0.2, 0.25) is 0 Å². The maximum Gasteiger partial charge on any atom is 0.416 e. The summed E-state index contributed by atoms with van der Waals surface area (Å²) >= 11 is -0.533. The maximum absolute atomic E-state index is 14.0. The molecule has 266 valence electrons. The van der Waals surface area contributed by atoms with Gasteiger partial charge in [0.15, 0.2) is 21.7 Å². The molecular formula is C35H45F3N5O4S2+. The Balaban J connectivity index is 1.77. The molecule has 49 heavy (non-hydrogen) atoms. The van der Waals surface area contributed by atoms with Crippen LogP contribution in [0, 0.1) is 12.3 Å². The summed E-state index contributed by atoms with van der Waals surface area (Å²) in [6.45, 7) is 13.3. The van der Waals surface area contributed by atoms with Gasteiger partial charge in [0.05, 0.1) is 35.7 Å². The van der Waals surface area contributed by atoms with Gasteiger partial charge < -0.3 is 9.14 Å². The highest BCUT2D eigenvalue weighted by atomic mass is 32.2. The second kappa shape index (κ2) is 13.5. The van der Waals surface area contributed by atoms with Gasteiger partial charge in [-0.25, -0.2) is 13.9 Å². The molecule has 0 radical (unpaired) electrons. The molecule has 0 N–H and O–H groups in total. The summed E-state index contributed by atoms with van der Waals surface area (Å²) < 4.78 is 84.8. The van der Waals surface area contributed by atoms with Gasteiger partial charge in [-0.2, -0.15) is 30.1 Å². The zero-order chi connectivity index (χ0) is 36.1. The highest BCUT2D eigenvalue weighted by Gasteiger charge is 2.48. The van der Waals surface area contributed by atoms with Crippen LogP contribution in [-0.2, 0) is 49.5 Å². The Morgan fingerprint density at radius 1 is 1.12 bits per heavy atom. The van der Waals surface area contributed by atoms with Crippen LogP contribution in [0.4, 0.5) is 13.2 Å². The molecule has 0 spiro atoms. The Morgan fingerprint density at radius 3 is 2.45 bits per heavy atom. The number of aromatic nitrogens is 4. The van der Waals surface area contributed by atoms with Crippen molar-refractivity contribution in [1.82, 2.24) is 22.6 Å². The first-order valence-corrected chi connectivity index (χ1v) is 18.9. The molecule has 0 amide bonds. The van der Waals surface area contributed by atoms with Crippen molar-refractivity contribution in [2.75, 3.05) is 33.6 Å². The first-order valence-electron chi connectivity index (χ1n) is 16.0. The molecule has 14 heteroatoms. The first kappa shape index (κ1) is 37.1. The van der Waals surface area contributed by atoms with Gasteiger partial charge in [0.1, 0.15) is 18.5 Å². The van der Waals surface area contributed by atoms with E-state index in [0.29, 0.717) is 47.8 Å². The molecule has 1 aliphatic heterocycles. The zero-order valence-corrected chi connectivity index (χ0v) is 31.1. The Kier molecular flexibility index (Phi) is 10.2. The maximum atomic E-state index is 14.0. The lowest BCUT2D eigenvalue weighted by molar-refractivity contribution is -0.138. The molecule has 1 atom stereocenters. The van der Waals surface area contributed by atoms with Crippen LogP contribution < -0.4 is 0 Å². The van der Waals surface area contributed by atoms with Crippen molar-refractivity contribution in [2.45, 2.75) is 71.9 Å². The van der Waals surface area contributed by atoms with Gasteiger partial charge in [-0.3, -0.25) is 0 Å². The molecule has 5 rings (SSSR count). The lowest BCUT2D eigenvalue weighted by Gasteiger charge is -2.34. The monoisotopic (exact) mass is 720 g/mol. The Labute approximate surface area is 289 Å². The fourth-order valence-corrected chi connectivity index (χ4v) is 7.97. The molecular weight excluding hydrogens is 676 g/mol. The molecule has 4 heterocycles. The summed E-state index contributed by atoms with van der Waals surface area (Å²) in [5, 5.41) is 0. The SMILES string of the molecule is Cc1c(Cc2c(CO[S+](C)C(C)(C)C(C)(C)C)nc3c(-c4nccn4S(=O)(=O)N(C)C)cc(C4=CCOCC4)cn23)cccc1C(F)(F)F. The van der Waals surface area contributed by atoms with E-state index >= 15 is 0 Å². The van der Waals surface area contributed by atoms with E-state index in [0.717, 1.165) is 25.5 Å². The zero-order valence-electron chi connectivity index (χ0n) is 29.5. The van der Waals surface area contributed by atoms with E-state index in [-0.39, 0.29) is 34.6 Å². The van der Waals surface area contributed by atoms with E-state index < -0.39 is 33.1 Å². The summed E-state index contributed by atoms with van der Waals surface area (Å²) in [5.41, 5.74) is 3.74. The van der Waals surface area contributed by atoms with E-state index in [1.165, 1.54) is 39.5 Å². The predicted molar refractivity (Wildman–Crippen MR) is 188 cm³/mol. The van der Waals surface area contributed by atoms with E-state index in [1.807, 2.05) is 29.0 Å². The van der Waals surface area contributed by atoms with Crippen molar-refractivity contribution in [3.05, 3.63) is 82.6 Å². The summed E-state index contributed by atoms with van der Waals surface area (Å²) in [5.74, 6) is 0.164. The van der Waals surface area contributed by atoms with Crippen molar-refractivity contribution in [2.24, 2.45) is 5.41 Å². The minimum absolute atomic E-state index is 0.0732. The number of hydrogen-bond acceptors (Lipinski definition) is 6. The normalized spacial score (nSPS) is 15.7. The molecule has 0 fully saturated rings. The van der Waals surface area contributed by atoms with Gasteiger partial charge in [-0.05, 0) is 61.6 Å². The van der Waals surface area contributed by atoms with Crippen LogP contribution in [0.5, 0.6) is 0 Å². The van der Waals surface area contributed by atoms with Crippen LogP contribution in [0.3, 0.4) is 0 Å². The van der Waals surface area contributed by atoms with E-state index in [1.54, 1.807) is 6.07 Å². The molecule has 9 nitrogen and oxygen atoms in total. The number of pyridine rings is 1. The topological polar surface area (TPSA) is 91.0 Å². The number of rotatable bonds is 10. The van der Waals surface area contributed by atoms with Crippen LogP contribution in [0.25, 0.3) is 22.6 Å². The number of benzene rings is 1. The lowest BCUT2D eigenvalue weighted by atomic mass is 9.83. The minimum Gasteiger partial charge on any atom is -0.377 e. The minimum atomic E-state index is -4.51. The fourth-order valence-electron chi connectivity index (χ4n) is 5.60. The number of ether oxygens (including phenoxy) is 1. The molecule has 0 bridgehead atoms. The third kappa shape index (κ3) is 7.21. The van der Waals surface area contributed by atoms with Crippen molar-refractivity contribution in [3.8, 4) is 11.4 Å². The molecule has 0 aliphatic carbocycles.